The largest absolute Gasteiger partial charge is 0.489 e. The number of halogens is 1. The van der Waals surface area contributed by atoms with Gasteiger partial charge in [0.15, 0.2) is 6.61 Å². The van der Waals surface area contributed by atoms with E-state index in [4.69, 9.17) is 21.1 Å². The molecular weight excluding hydrogens is 400 g/mol. The van der Waals surface area contributed by atoms with Crippen LogP contribution in [0.4, 0.5) is 0 Å². The van der Waals surface area contributed by atoms with Crippen molar-refractivity contribution in [2.24, 2.45) is 5.10 Å². The van der Waals surface area contributed by atoms with E-state index in [9.17, 15) is 4.79 Å². The van der Waals surface area contributed by atoms with Crippen LogP contribution in [0.5, 0.6) is 11.5 Å². The Morgan fingerprint density at radius 3 is 2.33 bits per heavy atom. The van der Waals surface area contributed by atoms with E-state index >= 15 is 0 Å². The van der Waals surface area contributed by atoms with E-state index in [1.54, 1.807) is 6.21 Å². The van der Waals surface area contributed by atoms with Gasteiger partial charge in [0.25, 0.3) is 5.91 Å². The summed E-state index contributed by atoms with van der Waals surface area (Å²) >= 11 is 5.88. The zero-order valence-electron chi connectivity index (χ0n) is 16.9. The fraction of sp³-hybridized carbons (Fsp3) is 0.167. The molecule has 1 amide bonds. The Labute approximate surface area is 181 Å². The van der Waals surface area contributed by atoms with Crippen molar-refractivity contribution in [3.8, 4) is 11.5 Å². The molecule has 0 aliphatic rings. The Balaban J connectivity index is 1.42. The molecule has 3 rings (SSSR count). The van der Waals surface area contributed by atoms with Crippen molar-refractivity contribution < 1.29 is 14.3 Å². The number of carbonyl (C=O) groups excluding carboxylic acids is 1. The molecule has 3 aromatic rings. The van der Waals surface area contributed by atoms with Crippen LogP contribution in [0.15, 0.2) is 71.8 Å². The molecule has 0 spiro atoms. The molecule has 1 N–H and O–H groups in total. The summed E-state index contributed by atoms with van der Waals surface area (Å²) in [6, 6.07) is 20.6. The monoisotopic (exact) mass is 422 g/mol. The fourth-order valence-electron chi connectivity index (χ4n) is 2.56. The SMILES string of the molecule is Cc1ccc(OCC(=O)N/N=C/c2ccc(OCc3ccc(Cl)cc3)cc2)cc1C. The predicted molar refractivity (Wildman–Crippen MR) is 119 cm³/mol. The molecule has 0 heterocycles. The first-order valence-electron chi connectivity index (χ1n) is 9.49. The van der Waals surface area contributed by atoms with Crippen molar-refractivity contribution in [2.45, 2.75) is 20.5 Å². The van der Waals surface area contributed by atoms with Gasteiger partial charge in [-0.15, -0.1) is 0 Å². The average molecular weight is 423 g/mol. The number of hydrazone groups is 1. The molecular formula is C24H23ClN2O3. The van der Waals surface area contributed by atoms with E-state index in [2.05, 4.69) is 10.5 Å². The summed E-state index contributed by atoms with van der Waals surface area (Å²) in [7, 11) is 0. The number of aryl methyl sites for hydroxylation is 2. The summed E-state index contributed by atoms with van der Waals surface area (Å²) < 4.78 is 11.2. The van der Waals surface area contributed by atoms with E-state index in [0.717, 1.165) is 22.4 Å². The first-order chi connectivity index (χ1) is 14.5. The highest BCUT2D eigenvalue weighted by atomic mass is 35.5. The molecule has 0 unspecified atom stereocenters. The quantitative estimate of drug-likeness (QED) is 0.407. The van der Waals surface area contributed by atoms with Crippen molar-refractivity contribution in [3.63, 3.8) is 0 Å². The summed E-state index contributed by atoms with van der Waals surface area (Å²) in [4.78, 5) is 11.9. The van der Waals surface area contributed by atoms with Crippen LogP contribution >= 0.6 is 11.6 Å². The van der Waals surface area contributed by atoms with Crippen LogP contribution in [-0.4, -0.2) is 18.7 Å². The van der Waals surface area contributed by atoms with Gasteiger partial charge in [-0.05, 0) is 84.6 Å². The highest BCUT2D eigenvalue weighted by molar-refractivity contribution is 6.30. The molecule has 0 radical (unpaired) electrons. The first-order valence-corrected chi connectivity index (χ1v) is 9.87. The van der Waals surface area contributed by atoms with Gasteiger partial charge in [-0.2, -0.15) is 5.10 Å². The van der Waals surface area contributed by atoms with Gasteiger partial charge in [0.2, 0.25) is 0 Å². The van der Waals surface area contributed by atoms with E-state index in [-0.39, 0.29) is 12.5 Å². The molecule has 0 saturated carbocycles. The van der Waals surface area contributed by atoms with Gasteiger partial charge in [0.05, 0.1) is 6.21 Å². The number of hydrogen-bond donors (Lipinski definition) is 1. The molecule has 154 valence electrons. The lowest BCUT2D eigenvalue weighted by atomic mass is 10.1. The lowest BCUT2D eigenvalue weighted by Crippen LogP contribution is -2.24. The number of amides is 1. The maximum atomic E-state index is 11.9. The Bertz CT molecular complexity index is 1020. The third-order valence-corrected chi connectivity index (χ3v) is 4.70. The molecule has 6 heteroatoms. The molecule has 0 atom stereocenters. The zero-order valence-corrected chi connectivity index (χ0v) is 17.6. The second-order valence-corrected chi connectivity index (χ2v) is 7.25. The summed E-state index contributed by atoms with van der Waals surface area (Å²) in [5.41, 5.74) is 6.63. The summed E-state index contributed by atoms with van der Waals surface area (Å²) in [6.45, 7) is 4.39. The molecule has 0 fully saturated rings. The van der Waals surface area contributed by atoms with Crippen molar-refractivity contribution in [1.82, 2.24) is 5.43 Å². The third kappa shape index (κ3) is 6.64. The van der Waals surface area contributed by atoms with Gasteiger partial charge in [-0.1, -0.05) is 29.8 Å². The molecule has 3 aromatic carbocycles. The Hall–Kier alpha value is -3.31. The van der Waals surface area contributed by atoms with Gasteiger partial charge in [0, 0.05) is 5.02 Å². The number of nitrogens with zero attached hydrogens (tertiary/aromatic N) is 1. The molecule has 0 aromatic heterocycles. The number of ether oxygens (including phenoxy) is 2. The standard InChI is InChI=1S/C24H23ClN2O3/c1-17-3-10-23(13-18(17)2)30-16-24(28)27-26-14-19-6-11-22(12-7-19)29-15-20-4-8-21(25)9-5-20/h3-14H,15-16H2,1-2H3,(H,27,28)/b26-14+. The summed E-state index contributed by atoms with van der Waals surface area (Å²) in [5.74, 6) is 1.08. The summed E-state index contributed by atoms with van der Waals surface area (Å²) in [5, 5.41) is 4.66. The van der Waals surface area contributed by atoms with Crippen LogP contribution in [0.25, 0.3) is 0 Å². The van der Waals surface area contributed by atoms with E-state index in [1.165, 1.54) is 5.56 Å². The van der Waals surface area contributed by atoms with Gasteiger partial charge >= 0.3 is 0 Å². The first kappa shape index (κ1) is 21.4. The number of hydrogen-bond acceptors (Lipinski definition) is 4. The van der Waals surface area contributed by atoms with E-state index in [1.807, 2.05) is 80.6 Å². The van der Waals surface area contributed by atoms with Crippen molar-refractivity contribution in [3.05, 3.63) is 94.0 Å². The number of nitrogens with one attached hydrogen (secondary N) is 1. The topological polar surface area (TPSA) is 59.9 Å². The van der Waals surface area contributed by atoms with Gasteiger partial charge < -0.3 is 9.47 Å². The van der Waals surface area contributed by atoms with Crippen molar-refractivity contribution in [1.29, 1.82) is 0 Å². The third-order valence-electron chi connectivity index (χ3n) is 4.45. The minimum atomic E-state index is -0.326. The van der Waals surface area contributed by atoms with Crippen molar-refractivity contribution >= 4 is 23.7 Å². The lowest BCUT2D eigenvalue weighted by Gasteiger charge is -2.07. The minimum Gasteiger partial charge on any atom is -0.489 e. The van der Waals surface area contributed by atoms with Crippen LogP contribution in [0.1, 0.15) is 22.3 Å². The Kier molecular flexibility index (Phi) is 7.46. The maximum Gasteiger partial charge on any atom is 0.277 e. The maximum absolute atomic E-state index is 11.9. The summed E-state index contributed by atoms with van der Waals surface area (Å²) in [6.07, 6.45) is 1.57. The number of rotatable bonds is 8. The molecule has 0 bridgehead atoms. The lowest BCUT2D eigenvalue weighted by molar-refractivity contribution is -0.123. The highest BCUT2D eigenvalue weighted by Gasteiger charge is 2.03. The Morgan fingerprint density at radius 1 is 0.933 bits per heavy atom. The highest BCUT2D eigenvalue weighted by Crippen LogP contribution is 2.17. The fourth-order valence-corrected chi connectivity index (χ4v) is 2.69. The predicted octanol–water partition coefficient (Wildman–Crippen LogP) is 5.06. The van der Waals surface area contributed by atoms with Crippen LogP contribution in [0.3, 0.4) is 0 Å². The molecule has 0 aliphatic carbocycles. The second-order valence-electron chi connectivity index (χ2n) is 6.81. The minimum absolute atomic E-state index is 0.0999. The van der Waals surface area contributed by atoms with Gasteiger partial charge in [-0.25, -0.2) is 5.43 Å². The van der Waals surface area contributed by atoms with E-state index in [0.29, 0.717) is 17.4 Å². The van der Waals surface area contributed by atoms with Gasteiger partial charge in [-0.3, -0.25) is 4.79 Å². The molecule has 0 aliphatic heterocycles. The zero-order chi connectivity index (χ0) is 21.3. The van der Waals surface area contributed by atoms with Crippen LogP contribution < -0.4 is 14.9 Å². The van der Waals surface area contributed by atoms with E-state index < -0.39 is 0 Å². The second kappa shape index (κ2) is 10.5. The van der Waals surface area contributed by atoms with Crippen LogP contribution in [0.2, 0.25) is 5.02 Å². The number of carbonyl (C=O) groups is 1. The van der Waals surface area contributed by atoms with Crippen molar-refractivity contribution in [2.75, 3.05) is 6.61 Å². The van der Waals surface area contributed by atoms with Crippen LogP contribution in [0, 0.1) is 13.8 Å². The van der Waals surface area contributed by atoms with Crippen LogP contribution in [-0.2, 0) is 11.4 Å². The molecule has 30 heavy (non-hydrogen) atoms. The number of benzene rings is 3. The average Bonchev–Trinajstić information content (AvgIpc) is 2.75. The molecule has 5 nitrogen and oxygen atoms in total. The normalized spacial score (nSPS) is 10.8. The molecule has 0 saturated heterocycles. The smallest absolute Gasteiger partial charge is 0.277 e. The Morgan fingerprint density at radius 2 is 1.63 bits per heavy atom. The van der Waals surface area contributed by atoms with Gasteiger partial charge in [0.1, 0.15) is 18.1 Å².